The van der Waals surface area contributed by atoms with E-state index in [2.05, 4.69) is 11.8 Å². The molecule has 0 aliphatic carbocycles. The van der Waals surface area contributed by atoms with Crippen LogP contribution in [0.5, 0.6) is 0 Å². The molecule has 0 aromatic heterocycles. The maximum atomic E-state index is 12.9. The van der Waals surface area contributed by atoms with Crippen molar-refractivity contribution in [2.75, 3.05) is 58.9 Å². The first-order valence-electron chi connectivity index (χ1n) is 8.84. The van der Waals surface area contributed by atoms with Gasteiger partial charge in [-0.15, -0.1) is 0 Å². The predicted octanol–water partition coefficient (Wildman–Crippen LogP) is -0.133. The van der Waals surface area contributed by atoms with Crippen LogP contribution in [0, 0.1) is 5.41 Å². The summed E-state index contributed by atoms with van der Waals surface area (Å²) in [6.45, 7) is 13.3. The van der Waals surface area contributed by atoms with Crippen molar-refractivity contribution in [3.63, 3.8) is 0 Å². The molecule has 3 amide bonds. The molecule has 0 radical (unpaired) electrons. The lowest BCUT2D eigenvalue weighted by Gasteiger charge is -2.41. The van der Waals surface area contributed by atoms with Crippen LogP contribution in [0.25, 0.3) is 0 Å². The number of carbonyl (C=O) groups excluding carboxylic acids is 3. The zero-order valence-electron chi connectivity index (χ0n) is 15.4. The zero-order chi connectivity index (χ0) is 17.9. The van der Waals surface area contributed by atoms with Gasteiger partial charge in [0.1, 0.15) is 5.41 Å². The number of likely N-dealkylation sites (N-methyl/N-ethyl adjacent to an activating group) is 1. The summed E-state index contributed by atoms with van der Waals surface area (Å²) in [6.07, 6.45) is 0. The molecule has 2 heterocycles. The van der Waals surface area contributed by atoms with E-state index in [1.165, 1.54) is 0 Å². The summed E-state index contributed by atoms with van der Waals surface area (Å²) in [5.41, 5.74) is -1.05. The average Bonchev–Trinajstić information content (AvgIpc) is 2.60. The third-order valence-electron chi connectivity index (χ3n) is 5.19. The van der Waals surface area contributed by atoms with Gasteiger partial charge in [-0.3, -0.25) is 14.4 Å². The van der Waals surface area contributed by atoms with E-state index in [-0.39, 0.29) is 17.7 Å². The highest BCUT2D eigenvalue weighted by Crippen LogP contribution is 2.24. The molecular weight excluding hydrogens is 308 g/mol. The molecule has 0 saturated carbocycles. The first-order chi connectivity index (χ1) is 11.3. The van der Waals surface area contributed by atoms with Crippen LogP contribution in [0.4, 0.5) is 0 Å². The van der Waals surface area contributed by atoms with Crippen LogP contribution in [0.3, 0.4) is 0 Å². The lowest BCUT2D eigenvalue weighted by atomic mass is 9.89. The van der Waals surface area contributed by atoms with Gasteiger partial charge in [-0.05, 0) is 20.4 Å². The van der Waals surface area contributed by atoms with Crippen LogP contribution in [-0.2, 0) is 14.4 Å². The molecule has 0 bridgehead atoms. The number of hydrogen-bond donors (Lipinski definition) is 0. The molecule has 2 rings (SSSR count). The summed E-state index contributed by atoms with van der Waals surface area (Å²) in [5.74, 6) is -0.183. The molecule has 0 aromatic rings. The minimum atomic E-state index is -1.05. The Morgan fingerprint density at radius 1 is 0.750 bits per heavy atom. The molecule has 136 valence electrons. The van der Waals surface area contributed by atoms with Gasteiger partial charge < -0.3 is 19.6 Å². The van der Waals surface area contributed by atoms with Crippen molar-refractivity contribution < 1.29 is 14.4 Å². The monoisotopic (exact) mass is 338 g/mol. The van der Waals surface area contributed by atoms with Gasteiger partial charge in [-0.1, -0.05) is 6.92 Å². The highest BCUT2D eigenvalue weighted by atomic mass is 16.2. The standard InChI is InChI=1S/C17H30N4O3/c1-5-18-6-8-20(9-7-18)15(23)17(3,4)16(24)21-12-10-19(11-13-21)14(2)22/h5-13H2,1-4H3. The number of carbonyl (C=O) groups is 3. The van der Waals surface area contributed by atoms with Gasteiger partial charge in [0.15, 0.2) is 0 Å². The highest BCUT2D eigenvalue weighted by molar-refractivity contribution is 6.04. The zero-order valence-corrected chi connectivity index (χ0v) is 15.4. The van der Waals surface area contributed by atoms with Crippen LogP contribution >= 0.6 is 0 Å². The van der Waals surface area contributed by atoms with Crippen LogP contribution < -0.4 is 0 Å². The third kappa shape index (κ3) is 3.88. The van der Waals surface area contributed by atoms with Gasteiger partial charge in [0.2, 0.25) is 17.7 Å². The van der Waals surface area contributed by atoms with E-state index >= 15 is 0 Å². The molecular formula is C17H30N4O3. The Hall–Kier alpha value is -1.63. The molecule has 0 atom stereocenters. The quantitative estimate of drug-likeness (QED) is 0.673. The van der Waals surface area contributed by atoms with Crippen molar-refractivity contribution in [1.29, 1.82) is 0 Å². The molecule has 7 heteroatoms. The Labute approximate surface area is 144 Å². The van der Waals surface area contributed by atoms with Crippen LogP contribution in [0.1, 0.15) is 27.7 Å². The SMILES string of the molecule is CCN1CCN(C(=O)C(C)(C)C(=O)N2CCN(C(C)=O)CC2)CC1. The minimum absolute atomic E-state index is 0.0335. The fourth-order valence-electron chi connectivity index (χ4n) is 3.37. The minimum Gasteiger partial charge on any atom is -0.339 e. The summed E-state index contributed by atoms with van der Waals surface area (Å²) < 4.78 is 0. The van der Waals surface area contributed by atoms with E-state index in [0.717, 1.165) is 19.6 Å². The fourth-order valence-corrected chi connectivity index (χ4v) is 3.37. The molecule has 2 saturated heterocycles. The van der Waals surface area contributed by atoms with Gasteiger partial charge >= 0.3 is 0 Å². The Morgan fingerprint density at radius 3 is 1.50 bits per heavy atom. The topological polar surface area (TPSA) is 64.2 Å². The fraction of sp³-hybridized carbons (Fsp3) is 0.824. The second kappa shape index (κ2) is 7.51. The van der Waals surface area contributed by atoms with Crippen molar-refractivity contribution in [1.82, 2.24) is 19.6 Å². The average molecular weight is 338 g/mol. The lowest BCUT2D eigenvalue weighted by Crippen LogP contribution is -2.58. The van der Waals surface area contributed by atoms with Crippen molar-refractivity contribution in [2.45, 2.75) is 27.7 Å². The number of nitrogens with zero attached hydrogens (tertiary/aromatic N) is 4. The van der Waals surface area contributed by atoms with Gasteiger partial charge in [0, 0.05) is 59.3 Å². The molecule has 0 N–H and O–H groups in total. The second-order valence-electron chi connectivity index (χ2n) is 7.15. The predicted molar refractivity (Wildman–Crippen MR) is 91.3 cm³/mol. The molecule has 2 fully saturated rings. The van der Waals surface area contributed by atoms with Crippen LogP contribution in [0.15, 0.2) is 0 Å². The smallest absolute Gasteiger partial charge is 0.237 e. The van der Waals surface area contributed by atoms with Gasteiger partial charge in [0.25, 0.3) is 0 Å². The number of piperazine rings is 2. The van der Waals surface area contributed by atoms with E-state index < -0.39 is 5.41 Å². The van der Waals surface area contributed by atoms with E-state index in [4.69, 9.17) is 0 Å². The molecule has 0 unspecified atom stereocenters. The van der Waals surface area contributed by atoms with Gasteiger partial charge in [-0.2, -0.15) is 0 Å². The van der Waals surface area contributed by atoms with Gasteiger partial charge in [-0.25, -0.2) is 0 Å². The van der Waals surface area contributed by atoms with E-state index in [0.29, 0.717) is 39.3 Å². The lowest BCUT2D eigenvalue weighted by molar-refractivity contribution is -0.157. The maximum Gasteiger partial charge on any atom is 0.237 e. The van der Waals surface area contributed by atoms with Crippen molar-refractivity contribution in [3.8, 4) is 0 Å². The first-order valence-corrected chi connectivity index (χ1v) is 8.84. The van der Waals surface area contributed by atoms with Crippen LogP contribution in [0.2, 0.25) is 0 Å². The molecule has 0 aromatic carbocycles. The van der Waals surface area contributed by atoms with Crippen molar-refractivity contribution in [3.05, 3.63) is 0 Å². The number of amides is 3. The van der Waals surface area contributed by atoms with Crippen molar-refractivity contribution >= 4 is 17.7 Å². The summed E-state index contributed by atoms with van der Waals surface area (Å²) in [4.78, 5) is 44.7. The second-order valence-corrected chi connectivity index (χ2v) is 7.15. The molecule has 0 spiro atoms. The largest absolute Gasteiger partial charge is 0.339 e. The molecule has 2 aliphatic rings. The van der Waals surface area contributed by atoms with E-state index in [9.17, 15) is 14.4 Å². The summed E-state index contributed by atoms with van der Waals surface area (Å²) in [6, 6.07) is 0. The van der Waals surface area contributed by atoms with Crippen molar-refractivity contribution in [2.24, 2.45) is 5.41 Å². The Kier molecular flexibility index (Phi) is 5.85. The molecule has 24 heavy (non-hydrogen) atoms. The molecule has 2 aliphatic heterocycles. The Balaban J connectivity index is 1.95. The number of rotatable bonds is 3. The summed E-state index contributed by atoms with van der Waals surface area (Å²) in [7, 11) is 0. The first kappa shape index (κ1) is 18.7. The normalized spacial score (nSPS) is 20.2. The third-order valence-corrected chi connectivity index (χ3v) is 5.19. The van der Waals surface area contributed by atoms with Crippen LogP contribution in [-0.4, -0.2) is 96.2 Å². The Bertz CT molecular complexity index is 490. The van der Waals surface area contributed by atoms with Gasteiger partial charge in [0.05, 0.1) is 0 Å². The highest BCUT2D eigenvalue weighted by Gasteiger charge is 2.43. The maximum absolute atomic E-state index is 12.9. The summed E-state index contributed by atoms with van der Waals surface area (Å²) >= 11 is 0. The Morgan fingerprint density at radius 2 is 1.12 bits per heavy atom. The van der Waals surface area contributed by atoms with E-state index in [1.54, 1.807) is 30.6 Å². The van der Waals surface area contributed by atoms with E-state index in [1.807, 2.05) is 4.90 Å². The molecule has 7 nitrogen and oxygen atoms in total. The summed E-state index contributed by atoms with van der Waals surface area (Å²) in [5, 5.41) is 0. The number of hydrogen-bond acceptors (Lipinski definition) is 4.